The monoisotopic (exact) mass is 328 g/mol. The van der Waals surface area contributed by atoms with Gasteiger partial charge in [-0.1, -0.05) is 12.1 Å². The number of aryl methyl sites for hydroxylation is 1. The molecular formula is C18H20N2O4. The summed E-state index contributed by atoms with van der Waals surface area (Å²) in [4.78, 5) is 24.8. The second-order valence-corrected chi connectivity index (χ2v) is 5.43. The highest BCUT2D eigenvalue weighted by atomic mass is 16.6. The lowest BCUT2D eigenvalue weighted by molar-refractivity contribution is -0.385. The Morgan fingerprint density at radius 2 is 1.88 bits per heavy atom. The molecule has 0 aliphatic carbocycles. The van der Waals surface area contributed by atoms with Crippen LogP contribution in [0.4, 0.5) is 5.69 Å². The molecule has 2 aromatic carbocycles. The summed E-state index contributed by atoms with van der Waals surface area (Å²) < 4.78 is 5.13. The third-order valence-corrected chi connectivity index (χ3v) is 3.84. The molecule has 6 heteroatoms. The van der Waals surface area contributed by atoms with Crippen molar-refractivity contribution in [1.82, 2.24) is 4.90 Å². The number of carbonyl (C=O) groups excluding carboxylic acids is 1. The van der Waals surface area contributed by atoms with Crippen molar-refractivity contribution in [3.63, 3.8) is 0 Å². The first kappa shape index (κ1) is 17.5. The van der Waals surface area contributed by atoms with Gasteiger partial charge in [0, 0.05) is 30.3 Å². The van der Waals surface area contributed by atoms with Crippen LogP contribution >= 0.6 is 0 Å². The number of ether oxygens (including phenoxy) is 1. The number of hydrogen-bond acceptors (Lipinski definition) is 4. The second-order valence-electron chi connectivity index (χ2n) is 5.43. The first-order chi connectivity index (χ1) is 11.5. The van der Waals surface area contributed by atoms with E-state index in [4.69, 9.17) is 4.74 Å². The Kier molecular flexibility index (Phi) is 5.52. The summed E-state index contributed by atoms with van der Waals surface area (Å²) in [5, 5.41) is 10.9. The first-order valence-electron chi connectivity index (χ1n) is 7.63. The first-order valence-corrected chi connectivity index (χ1v) is 7.63. The van der Waals surface area contributed by atoms with Crippen molar-refractivity contribution in [3.05, 3.63) is 69.3 Å². The van der Waals surface area contributed by atoms with E-state index in [1.807, 2.05) is 31.2 Å². The SMILES string of the molecule is CCN(Cc1ccc(OC)cc1)C(=O)c1ccc([N+](=O)[O-])c(C)c1. The molecule has 0 unspecified atom stereocenters. The molecule has 0 atom stereocenters. The van der Waals surface area contributed by atoms with E-state index in [2.05, 4.69) is 0 Å². The average Bonchev–Trinajstić information content (AvgIpc) is 2.59. The Hall–Kier alpha value is -2.89. The van der Waals surface area contributed by atoms with Crippen molar-refractivity contribution < 1.29 is 14.5 Å². The Balaban J connectivity index is 2.18. The lowest BCUT2D eigenvalue weighted by Crippen LogP contribution is -2.30. The minimum absolute atomic E-state index is 0.0183. The van der Waals surface area contributed by atoms with Crippen LogP contribution in [0, 0.1) is 17.0 Å². The molecule has 24 heavy (non-hydrogen) atoms. The summed E-state index contributed by atoms with van der Waals surface area (Å²) in [7, 11) is 1.60. The number of rotatable bonds is 6. The zero-order valence-electron chi connectivity index (χ0n) is 14.0. The lowest BCUT2D eigenvalue weighted by atomic mass is 10.1. The van der Waals surface area contributed by atoms with Crippen LogP contribution in [0.2, 0.25) is 0 Å². The van der Waals surface area contributed by atoms with Gasteiger partial charge in [0.25, 0.3) is 11.6 Å². The predicted octanol–water partition coefficient (Wildman–Crippen LogP) is 3.57. The Bertz CT molecular complexity index is 741. The van der Waals surface area contributed by atoms with Gasteiger partial charge in [-0.15, -0.1) is 0 Å². The van der Waals surface area contributed by atoms with Gasteiger partial charge in [0.15, 0.2) is 0 Å². The lowest BCUT2D eigenvalue weighted by Gasteiger charge is -2.21. The van der Waals surface area contributed by atoms with E-state index in [0.29, 0.717) is 24.2 Å². The maximum atomic E-state index is 12.7. The fourth-order valence-electron chi connectivity index (χ4n) is 2.45. The molecule has 6 nitrogen and oxygen atoms in total. The Morgan fingerprint density at radius 1 is 1.21 bits per heavy atom. The van der Waals surface area contributed by atoms with Crippen molar-refractivity contribution in [1.29, 1.82) is 0 Å². The molecule has 126 valence electrons. The number of nitrogens with zero attached hydrogens (tertiary/aromatic N) is 2. The van der Waals surface area contributed by atoms with Crippen LogP contribution in [0.1, 0.15) is 28.4 Å². The van der Waals surface area contributed by atoms with E-state index in [9.17, 15) is 14.9 Å². The quantitative estimate of drug-likeness (QED) is 0.600. The number of benzene rings is 2. The van der Waals surface area contributed by atoms with E-state index in [-0.39, 0.29) is 11.6 Å². The van der Waals surface area contributed by atoms with E-state index in [0.717, 1.165) is 11.3 Å². The molecule has 0 fully saturated rings. The molecule has 0 aliphatic rings. The molecule has 0 saturated heterocycles. The molecular weight excluding hydrogens is 308 g/mol. The number of nitro benzene ring substituents is 1. The van der Waals surface area contributed by atoms with Crippen molar-refractivity contribution in [2.75, 3.05) is 13.7 Å². The normalized spacial score (nSPS) is 10.3. The van der Waals surface area contributed by atoms with Gasteiger partial charge in [-0.3, -0.25) is 14.9 Å². The highest BCUT2D eigenvalue weighted by Crippen LogP contribution is 2.20. The average molecular weight is 328 g/mol. The van der Waals surface area contributed by atoms with Crippen LogP contribution in [0.15, 0.2) is 42.5 Å². The smallest absolute Gasteiger partial charge is 0.272 e. The molecule has 2 aromatic rings. The standard InChI is InChI=1S/C18H20N2O4/c1-4-19(12-14-5-8-16(24-3)9-6-14)18(21)15-7-10-17(20(22)23)13(2)11-15/h5-11H,4,12H2,1-3H3. The predicted molar refractivity (Wildman–Crippen MR) is 91.2 cm³/mol. The molecule has 0 radical (unpaired) electrons. The third-order valence-electron chi connectivity index (χ3n) is 3.84. The fourth-order valence-corrected chi connectivity index (χ4v) is 2.45. The van der Waals surface area contributed by atoms with Crippen LogP contribution in [0.5, 0.6) is 5.75 Å². The minimum Gasteiger partial charge on any atom is -0.497 e. The van der Waals surface area contributed by atoms with Crippen molar-refractivity contribution in [2.24, 2.45) is 0 Å². The summed E-state index contributed by atoms with van der Waals surface area (Å²) in [6.45, 7) is 4.55. The zero-order valence-corrected chi connectivity index (χ0v) is 14.0. The van der Waals surface area contributed by atoms with Gasteiger partial charge in [-0.25, -0.2) is 0 Å². The number of amides is 1. The number of hydrogen-bond donors (Lipinski definition) is 0. The van der Waals surface area contributed by atoms with Crippen LogP contribution in [-0.2, 0) is 6.54 Å². The Labute approximate surface area is 140 Å². The number of nitro groups is 1. The molecule has 0 spiro atoms. The van der Waals surface area contributed by atoms with Crippen LogP contribution in [0.3, 0.4) is 0 Å². The molecule has 0 bridgehead atoms. The van der Waals surface area contributed by atoms with E-state index < -0.39 is 4.92 Å². The summed E-state index contributed by atoms with van der Waals surface area (Å²) >= 11 is 0. The van der Waals surface area contributed by atoms with Gasteiger partial charge < -0.3 is 9.64 Å². The summed E-state index contributed by atoms with van der Waals surface area (Å²) in [5.74, 6) is 0.616. The summed E-state index contributed by atoms with van der Waals surface area (Å²) in [6, 6.07) is 12.0. The molecule has 2 rings (SSSR count). The van der Waals surface area contributed by atoms with Gasteiger partial charge in [0.1, 0.15) is 5.75 Å². The van der Waals surface area contributed by atoms with Gasteiger partial charge in [0.05, 0.1) is 12.0 Å². The number of carbonyl (C=O) groups is 1. The van der Waals surface area contributed by atoms with Crippen LogP contribution in [0.25, 0.3) is 0 Å². The summed E-state index contributed by atoms with van der Waals surface area (Å²) in [5.41, 5.74) is 1.94. The topological polar surface area (TPSA) is 72.7 Å². The van der Waals surface area contributed by atoms with Crippen molar-refractivity contribution >= 4 is 11.6 Å². The maximum Gasteiger partial charge on any atom is 0.272 e. The molecule has 0 aromatic heterocycles. The molecule has 0 saturated carbocycles. The highest BCUT2D eigenvalue weighted by Gasteiger charge is 2.18. The minimum atomic E-state index is -0.446. The molecule has 0 N–H and O–H groups in total. The molecule has 1 amide bonds. The maximum absolute atomic E-state index is 12.7. The van der Waals surface area contributed by atoms with Gasteiger partial charge >= 0.3 is 0 Å². The second kappa shape index (κ2) is 7.59. The van der Waals surface area contributed by atoms with E-state index in [1.54, 1.807) is 25.0 Å². The molecule has 0 heterocycles. The van der Waals surface area contributed by atoms with Crippen molar-refractivity contribution in [3.8, 4) is 5.75 Å². The Morgan fingerprint density at radius 3 is 2.38 bits per heavy atom. The van der Waals surface area contributed by atoms with E-state index >= 15 is 0 Å². The third kappa shape index (κ3) is 3.90. The largest absolute Gasteiger partial charge is 0.497 e. The van der Waals surface area contributed by atoms with E-state index in [1.165, 1.54) is 12.1 Å². The van der Waals surface area contributed by atoms with Crippen LogP contribution in [-0.4, -0.2) is 29.4 Å². The molecule has 0 aliphatic heterocycles. The number of methoxy groups -OCH3 is 1. The van der Waals surface area contributed by atoms with Crippen molar-refractivity contribution in [2.45, 2.75) is 20.4 Å². The highest BCUT2D eigenvalue weighted by molar-refractivity contribution is 5.94. The van der Waals surface area contributed by atoms with Gasteiger partial charge in [-0.05, 0) is 43.7 Å². The van der Waals surface area contributed by atoms with Gasteiger partial charge in [0.2, 0.25) is 0 Å². The summed E-state index contributed by atoms with van der Waals surface area (Å²) in [6.07, 6.45) is 0. The zero-order chi connectivity index (χ0) is 17.7. The fraction of sp³-hybridized carbons (Fsp3) is 0.278. The van der Waals surface area contributed by atoms with Crippen LogP contribution < -0.4 is 4.74 Å². The van der Waals surface area contributed by atoms with Gasteiger partial charge in [-0.2, -0.15) is 0 Å².